The Hall–Kier alpha value is -1.73. The summed E-state index contributed by atoms with van der Waals surface area (Å²) in [4.78, 5) is 26.7. The largest absolute Gasteiger partial charge is 0.340 e. The number of amides is 2. The van der Waals surface area contributed by atoms with Gasteiger partial charge in [0.05, 0.1) is 8.66 Å². The van der Waals surface area contributed by atoms with Crippen molar-refractivity contribution < 1.29 is 14.0 Å². The van der Waals surface area contributed by atoms with E-state index in [1.807, 2.05) is 6.92 Å². The summed E-state index contributed by atoms with van der Waals surface area (Å²) in [5.74, 6) is -0.901. The molecular formula is C16H16BrFN2O2S. The zero-order valence-corrected chi connectivity index (χ0v) is 15.1. The number of rotatable bonds is 5. The third-order valence-corrected chi connectivity index (χ3v) is 4.86. The van der Waals surface area contributed by atoms with Crippen LogP contribution in [0.5, 0.6) is 0 Å². The molecule has 1 aromatic heterocycles. The fourth-order valence-corrected chi connectivity index (χ4v) is 3.38. The number of hydrogen-bond donors (Lipinski definition) is 1. The van der Waals surface area contributed by atoms with E-state index in [-0.39, 0.29) is 17.6 Å². The molecule has 4 nitrogen and oxygen atoms in total. The number of nitrogens with one attached hydrogen (secondary N) is 1. The van der Waals surface area contributed by atoms with Crippen LogP contribution >= 0.6 is 27.3 Å². The molecule has 2 amide bonds. The van der Waals surface area contributed by atoms with Gasteiger partial charge in [-0.15, -0.1) is 11.3 Å². The molecule has 1 unspecified atom stereocenters. The highest BCUT2D eigenvalue weighted by Gasteiger charge is 2.23. The minimum Gasteiger partial charge on any atom is -0.340 e. The topological polar surface area (TPSA) is 49.4 Å². The van der Waals surface area contributed by atoms with E-state index < -0.39 is 6.04 Å². The van der Waals surface area contributed by atoms with Crippen LogP contribution in [0.25, 0.3) is 0 Å². The molecule has 0 radical (unpaired) electrons. The van der Waals surface area contributed by atoms with Gasteiger partial charge in [-0.1, -0.05) is 0 Å². The predicted octanol–water partition coefficient (Wildman–Crippen LogP) is 3.82. The van der Waals surface area contributed by atoms with Gasteiger partial charge in [0.1, 0.15) is 11.9 Å². The van der Waals surface area contributed by atoms with Gasteiger partial charge in [-0.3, -0.25) is 9.59 Å². The fourth-order valence-electron chi connectivity index (χ4n) is 2.09. The number of hydrogen-bond acceptors (Lipinski definition) is 3. The second kappa shape index (κ2) is 7.70. The Labute approximate surface area is 146 Å². The molecule has 2 aromatic rings. The van der Waals surface area contributed by atoms with Crippen LogP contribution in [-0.2, 0) is 4.79 Å². The highest BCUT2D eigenvalue weighted by Crippen LogP contribution is 2.22. The standard InChI is InChI=1S/C16H16BrFN2O2S/c1-3-20(12-6-4-11(18)5-7-12)16(22)10(2)19-15(21)13-8-9-14(17)23-13/h4-10H,3H2,1-2H3,(H,19,21). The maximum atomic E-state index is 13.0. The van der Waals surface area contributed by atoms with Gasteiger partial charge in [-0.25, -0.2) is 4.39 Å². The van der Waals surface area contributed by atoms with Gasteiger partial charge in [0.2, 0.25) is 5.91 Å². The van der Waals surface area contributed by atoms with Crippen molar-refractivity contribution in [2.45, 2.75) is 19.9 Å². The number of nitrogens with zero attached hydrogens (tertiary/aromatic N) is 1. The van der Waals surface area contributed by atoms with E-state index in [0.29, 0.717) is 17.1 Å². The number of thiophene rings is 1. The van der Waals surface area contributed by atoms with E-state index in [1.54, 1.807) is 31.2 Å². The summed E-state index contributed by atoms with van der Waals surface area (Å²) >= 11 is 4.60. The molecule has 0 saturated heterocycles. The van der Waals surface area contributed by atoms with E-state index in [0.717, 1.165) is 3.79 Å². The molecule has 0 saturated carbocycles. The van der Waals surface area contributed by atoms with Gasteiger partial charge in [0.15, 0.2) is 0 Å². The molecule has 1 N–H and O–H groups in total. The lowest BCUT2D eigenvalue weighted by molar-refractivity contribution is -0.120. The van der Waals surface area contributed by atoms with Crippen LogP contribution < -0.4 is 10.2 Å². The first-order valence-corrected chi connectivity index (χ1v) is 8.66. The summed E-state index contributed by atoms with van der Waals surface area (Å²) in [7, 11) is 0. The van der Waals surface area contributed by atoms with Gasteiger partial charge >= 0.3 is 0 Å². The number of benzene rings is 1. The summed E-state index contributed by atoms with van der Waals surface area (Å²) in [5, 5.41) is 2.69. The van der Waals surface area contributed by atoms with Gasteiger partial charge in [-0.05, 0) is 66.2 Å². The molecule has 1 heterocycles. The minimum atomic E-state index is -0.687. The first-order chi connectivity index (χ1) is 10.9. The number of carbonyl (C=O) groups excluding carboxylic acids is 2. The normalized spacial score (nSPS) is 11.8. The molecule has 0 aliphatic rings. The van der Waals surface area contributed by atoms with Gasteiger partial charge < -0.3 is 10.2 Å². The highest BCUT2D eigenvalue weighted by molar-refractivity contribution is 9.11. The van der Waals surface area contributed by atoms with Crippen LogP contribution in [-0.4, -0.2) is 24.4 Å². The SMILES string of the molecule is CCN(C(=O)C(C)NC(=O)c1ccc(Br)s1)c1ccc(F)cc1. The Morgan fingerprint density at radius 2 is 1.91 bits per heavy atom. The lowest BCUT2D eigenvalue weighted by Crippen LogP contribution is -2.47. The van der Waals surface area contributed by atoms with Crippen molar-refractivity contribution in [3.8, 4) is 0 Å². The lowest BCUT2D eigenvalue weighted by atomic mass is 10.2. The van der Waals surface area contributed by atoms with E-state index >= 15 is 0 Å². The van der Waals surface area contributed by atoms with Crippen LogP contribution in [0.2, 0.25) is 0 Å². The first-order valence-electron chi connectivity index (χ1n) is 7.05. The molecule has 0 fully saturated rings. The zero-order chi connectivity index (χ0) is 17.0. The van der Waals surface area contributed by atoms with Crippen LogP contribution in [0.4, 0.5) is 10.1 Å². The Balaban J connectivity index is 2.07. The molecule has 1 aromatic carbocycles. The van der Waals surface area contributed by atoms with E-state index in [2.05, 4.69) is 21.2 Å². The molecule has 0 aliphatic carbocycles. The lowest BCUT2D eigenvalue weighted by Gasteiger charge is -2.25. The van der Waals surface area contributed by atoms with Crippen molar-refractivity contribution in [1.29, 1.82) is 0 Å². The quantitative estimate of drug-likeness (QED) is 0.831. The summed E-state index contributed by atoms with van der Waals surface area (Å²) in [6, 6.07) is 8.48. The van der Waals surface area contributed by atoms with Crippen LogP contribution in [0.15, 0.2) is 40.2 Å². The summed E-state index contributed by atoms with van der Waals surface area (Å²) in [5.41, 5.74) is 0.596. The second-order valence-electron chi connectivity index (χ2n) is 4.86. The number of halogens is 2. The van der Waals surface area contributed by atoms with Crippen molar-refractivity contribution in [2.75, 3.05) is 11.4 Å². The molecular weight excluding hydrogens is 383 g/mol. The summed E-state index contributed by atoms with van der Waals surface area (Å²) in [6.45, 7) is 3.89. The Kier molecular flexibility index (Phi) is 5.90. The molecule has 122 valence electrons. The van der Waals surface area contributed by atoms with Gasteiger partial charge in [0.25, 0.3) is 5.91 Å². The monoisotopic (exact) mass is 398 g/mol. The third-order valence-electron chi connectivity index (χ3n) is 3.24. The van der Waals surface area contributed by atoms with Crippen molar-refractivity contribution in [1.82, 2.24) is 5.32 Å². The Bertz CT molecular complexity index is 702. The first kappa shape index (κ1) is 17.6. The molecule has 1 atom stereocenters. The van der Waals surface area contributed by atoms with Gasteiger partial charge in [-0.2, -0.15) is 0 Å². The van der Waals surface area contributed by atoms with Crippen molar-refractivity contribution in [3.05, 3.63) is 50.9 Å². The second-order valence-corrected chi connectivity index (χ2v) is 7.32. The van der Waals surface area contributed by atoms with Crippen LogP contribution in [0, 0.1) is 5.82 Å². The van der Waals surface area contributed by atoms with E-state index in [4.69, 9.17) is 0 Å². The average molecular weight is 399 g/mol. The molecule has 0 bridgehead atoms. The number of carbonyl (C=O) groups is 2. The van der Waals surface area contributed by atoms with E-state index in [9.17, 15) is 14.0 Å². The highest BCUT2D eigenvalue weighted by atomic mass is 79.9. The number of anilines is 1. The number of likely N-dealkylation sites (N-methyl/N-ethyl adjacent to an activating group) is 1. The van der Waals surface area contributed by atoms with Crippen LogP contribution in [0.1, 0.15) is 23.5 Å². The molecule has 23 heavy (non-hydrogen) atoms. The van der Waals surface area contributed by atoms with Crippen molar-refractivity contribution in [2.24, 2.45) is 0 Å². The molecule has 7 heteroatoms. The van der Waals surface area contributed by atoms with Crippen molar-refractivity contribution in [3.63, 3.8) is 0 Å². The third kappa shape index (κ3) is 4.39. The maximum absolute atomic E-state index is 13.0. The Morgan fingerprint density at radius 3 is 2.43 bits per heavy atom. The fraction of sp³-hybridized carbons (Fsp3) is 0.250. The summed E-state index contributed by atoms with van der Waals surface area (Å²) < 4.78 is 13.9. The van der Waals surface area contributed by atoms with E-state index in [1.165, 1.54) is 28.4 Å². The smallest absolute Gasteiger partial charge is 0.262 e. The predicted molar refractivity (Wildman–Crippen MR) is 93.4 cm³/mol. The zero-order valence-electron chi connectivity index (χ0n) is 12.7. The average Bonchev–Trinajstić information content (AvgIpc) is 2.96. The Morgan fingerprint density at radius 1 is 1.26 bits per heavy atom. The maximum Gasteiger partial charge on any atom is 0.262 e. The minimum absolute atomic E-state index is 0.247. The van der Waals surface area contributed by atoms with Crippen LogP contribution in [0.3, 0.4) is 0 Å². The van der Waals surface area contributed by atoms with Crippen molar-refractivity contribution >= 4 is 44.8 Å². The molecule has 2 rings (SSSR count). The van der Waals surface area contributed by atoms with Gasteiger partial charge in [0, 0.05) is 12.2 Å². The molecule has 0 spiro atoms. The summed E-state index contributed by atoms with van der Waals surface area (Å²) in [6.07, 6.45) is 0. The molecule has 0 aliphatic heterocycles.